The van der Waals surface area contributed by atoms with E-state index in [2.05, 4.69) is 22.1 Å². The van der Waals surface area contributed by atoms with Crippen LogP contribution in [0.15, 0.2) is 18.5 Å². The van der Waals surface area contributed by atoms with Gasteiger partial charge in [0.05, 0.1) is 11.9 Å². The first-order valence-corrected chi connectivity index (χ1v) is 4.47. The third-order valence-corrected chi connectivity index (χ3v) is 2.23. The van der Waals surface area contributed by atoms with Crippen LogP contribution in [0.3, 0.4) is 0 Å². The van der Waals surface area contributed by atoms with Gasteiger partial charge in [0.25, 0.3) is 0 Å². The monoisotopic (exact) mass is 188 g/mol. The van der Waals surface area contributed by atoms with Crippen LogP contribution >= 0.6 is 0 Å². The van der Waals surface area contributed by atoms with Crippen molar-refractivity contribution in [3.8, 4) is 11.4 Å². The largest absolute Gasteiger partial charge is 0.254 e. The summed E-state index contributed by atoms with van der Waals surface area (Å²) in [5, 5.41) is 8.21. The molecule has 0 N–H and O–H groups in total. The molecule has 0 aliphatic rings. The lowest BCUT2D eigenvalue weighted by Gasteiger charge is -2.00. The van der Waals surface area contributed by atoms with Crippen molar-refractivity contribution >= 4 is 0 Å². The molecule has 2 aromatic heterocycles. The number of rotatable bonds is 1. The average molecular weight is 188 g/mol. The van der Waals surface area contributed by atoms with E-state index >= 15 is 0 Å². The molecule has 14 heavy (non-hydrogen) atoms. The van der Waals surface area contributed by atoms with Crippen molar-refractivity contribution in [2.24, 2.45) is 7.05 Å². The topological polar surface area (TPSA) is 43.6 Å². The van der Waals surface area contributed by atoms with Gasteiger partial charge in [-0.05, 0) is 31.0 Å². The third kappa shape index (κ3) is 1.51. The second kappa shape index (κ2) is 3.21. The minimum absolute atomic E-state index is 0.815. The summed E-state index contributed by atoms with van der Waals surface area (Å²) in [5.74, 6) is 0. The Morgan fingerprint density at radius 2 is 1.86 bits per heavy atom. The maximum atomic E-state index is 4.31. The zero-order chi connectivity index (χ0) is 10.1. The predicted molar refractivity (Wildman–Crippen MR) is 53.7 cm³/mol. The number of pyridine rings is 1. The Morgan fingerprint density at radius 3 is 2.43 bits per heavy atom. The van der Waals surface area contributed by atoms with E-state index in [0.29, 0.717) is 0 Å². The van der Waals surface area contributed by atoms with E-state index < -0.39 is 0 Å². The lowest BCUT2D eigenvalue weighted by molar-refractivity contribution is 0.655. The van der Waals surface area contributed by atoms with Crippen molar-refractivity contribution < 1.29 is 0 Å². The van der Waals surface area contributed by atoms with Gasteiger partial charge in [-0.2, -0.15) is 15.0 Å². The van der Waals surface area contributed by atoms with Gasteiger partial charge in [0.1, 0.15) is 5.69 Å². The van der Waals surface area contributed by atoms with Gasteiger partial charge in [-0.3, -0.25) is 4.98 Å². The number of hydrogen-bond acceptors (Lipinski definition) is 3. The summed E-state index contributed by atoms with van der Waals surface area (Å²) in [6.07, 6.45) is 3.58. The first-order chi connectivity index (χ1) is 6.66. The van der Waals surface area contributed by atoms with E-state index in [4.69, 9.17) is 0 Å². The molecular weight excluding hydrogens is 176 g/mol. The van der Waals surface area contributed by atoms with Gasteiger partial charge in [-0.15, -0.1) is 0 Å². The summed E-state index contributed by atoms with van der Waals surface area (Å²) < 4.78 is 0. The molecule has 0 aromatic carbocycles. The Kier molecular flexibility index (Phi) is 2.04. The third-order valence-electron chi connectivity index (χ3n) is 2.23. The molecule has 2 heterocycles. The van der Waals surface area contributed by atoms with Crippen molar-refractivity contribution in [1.29, 1.82) is 0 Å². The number of aromatic nitrogens is 4. The van der Waals surface area contributed by atoms with Crippen molar-refractivity contribution in [2.45, 2.75) is 13.8 Å². The standard InChI is InChI=1S/C10H12N4/c1-7-4-9(11-5-8(7)2)10-6-12-14(3)13-10/h4-6H,1-3H3. The highest BCUT2D eigenvalue weighted by atomic mass is 15.4. The summed E-state index contributed by atoms with van der Waals surface area (Å²) in [6.45, 7) is 4.11. The molecule has 0 unspecified atom stereocenters. The van der Waals surface area contributed by atoms with Crippen LogP contribution in [0.25, 0.3) is 11.4 Å². The molecule has 0 amide bonds. The zero-order valence-corrected chi connectivity index (χ0v) is 8.52. The van der Waals surface area contributed by atoms with E-state index in [9.17, 15) is 0 Å². The van der Waals surface area contributed by atoms with Crippen LogP contribution in [-0.4, -0.2) is 20.0 Å². The summed E-state index contributed by atoms with van der Waals surface area (Å²) >= 11 is 0. The molecule has 0 spiro atoms. The van der Waals surface area contributed by atoms with E-state index in [1.807, 2.05) is 19.2 Å². The summed E-state index contributed by atoms with van der Waals surface area (Å²) in [5.41, 5.74) is 4.11. The fourth-order valence-electron chi connectivity index (χ4n) is 1.23. The molecule has 4 nitrogen and oxygen atoms in total. The molecule has 0 atom stereocenters. The van der Waals surface area contributed by atoms with Crippen LogP contribution in [0.4, 0.5) is 0 Å². The number of nitrogens with zero attached hydrogens (tertiary/aromatic N) is 4. The van der Waals surface area contributed by atoms with Crippen molar-refractivity contribution in [2.75, 3.05) is 0 Å². The molecule has 0 fully saturated rings. The maximum Gasteiger partial charge on any atom is 0.131 e. The zero-order valence-electron chi connectivity index (χ0n) is 8.52. The Labute approximate surface area is 82.6 Å². The molecule has 0 aliphatic heterocycles. The summed E-state index contributed by atoms with van der Waals surface area (Å²) in [4.78, 5) is 5.84. The second-order valence-corrected chi connectivity index (χ2v) is 3.37. The molecule has 2 rings (SSSR count). The van der Waals surface area contributed by atoms with Crippen molar-refractivity contribution in [3.05, 3.63) is 29.6 Å². The normalized spacial score (nSPS) is 10.5. The highest BCUT2D eigenvalue weighted by Crippen LogP contribution is 2.15. The van der Waals surface area contributed by atoms with Gasteiger partial charge < -0.3 is 0 Å². The Bertz CT molecular complexity index is 459. The molecular formula is C10H12N4. The molecule has 72 valence electrons. The number of hydrogen-bond donors (Lipinski definition) is 0. The lowest BCUT2D eigenvalue weighted by Crippen LogP contribution is -1.93. The van der Waals surface area contributed by atoms with Gasteiger partial charge >= 0.3 is 0 Å². The van der Waals surface area contributed by atoms with Crippen LogP contribution in [0.2, 0.25) is 0 Å². The minimum atomic E-state index is 0.815. The van der Waals surface area contributed by atoms with Gasteiger partial charge in [0, 0.05) is 13.2 Å². The van der Waals surface area contributed by atoms with Crippen LogP contribution in [0.1, 0.15) is 11.1 Å². The SMILES string of the molecule is Cc1cnc(-c2cnn(C)n2)cc1C. The Balaban J connectivity index is 2.47. The fraction of sp³-hybridized carbons (Fsp3) is 0.300. The highest BCUT2D eigenvalue weighted by Gasteiger charge is 2.04. The van der Waals surface area contributed by atoms with Crippen LogP contribution in [0.5, 0.6) is 0 Å². The quantitative estimate of drug-likeness (QED) is 0.681. The van der Waals surface area contributed by atoms with Crippen LogP contribution in [0, 0.1) is 13.8 Å². The first-order valence-electron chi connectivity index (χ1n) is 4.47. The average Bonchev–Trinajstić information content (AvgIpc) is 2.57. The second-order valence-electron chi connectivity index (χ2n) is 3.37. The molecule has 0 saturated carbocycles. The highest BCUT2D eigenvalue weighted by molar-refractivity contribution is 5.53. The van der Waals surface area contributed by atoms with Gasteiger partial charge in [0.2, 0.25) is 0 Å². The van der Waals surface area contributed by atoms with Crippen molar-refractivity contribution in [3.63, 3.8) is 0 Å². The molecule has 0 bridgehead atoms. The van der Waals surface area contributed by atoms with Gasteiger partial charge in [-0.25, -0.2) is 0 Å². The summed E-state index contributed by atoms with van der Waals surface area (Å²) in [7, 11) is 1.80. The van der Waals surface area contributed by atoms with E-state index in [1.54, 1.807) is 13.2 Å². The summed E-state index contributed by atoms with van der Waals surface area (Å²) in [6, 6.07) is 2.03. The van der Waals surface area contributed by atoms with E-state index in [0.717, 1.165) is 11.4 Å². The predicted octanol–water partition coefficient (Wildman–Crippen LogP) is 1.49. The molecule has 0 aliphatic carbocycles. The Hall–Kier alpha value is -1.71. The van der Waals surface area contributed by atoms with Crippen molar-refractivity contribution in [1.82, 2.24) is 20.0 Å². The van der Waals surface area contributed by atoms with E-state index in [1.165, 1.54) is 15.9 Å². The van der Waals surface area contributed by atoms with Crippen LogP contribution < -0.4 is 0 Å². The first kappa shape index (κ1) is 8.87. The Morgan fingerprint density at radius 1 is 1.07 bits per heavy atom. The van der Waals surface area contributed by atoms with E-state index in [-0.39, 0.29) is 0 Å². The molecule has 2 aromatic rings. The molecule has 0 radical (unpaired) electrons. The lowest BCUT2D eigenvalue weighted by atomic mass is 10.1. The molecule has 4 heteroatoms. The molecule has 0 saturated heterocycles. The fourth-order valence-corrected chi connectivity index (χ4v) is 1.23. The maximum absolute atomic E-state index is 4.31. The van der Waals surface area contributed by atoms with Gasteiger partial charge in [-0.1, -0.05) is 0 Å². The minimum Gasteiger partial charge on any atom is -0.254 e. The smallest absolute Gasteiger partial charge is 0.131 e. The van der Waals surface area contributed by atoms with Crippen LogP contribution in [-0.2, 0) is 7.05 Å². The number of aryl methyl sites for hydroxylation is 3. The van der Waals surface area contributed by atoms with Gasteiger partial charge in [0.15, 0.2) is 0 Å².